The van der Waals surface area contributed by atoms with E-state index in [0.29, 0.717) is 6.42 Å². The van der Waals surface area contributed by atoms with E-state index in [-0.39, 0.29) is 30.4 Å². The summed E-state index contributed by atoms with van der Waals surface area (Å²) in [6.07, 6.45) is 9.68. The molecule has 130 valence electrons. The first-order valence-corrected chi connectivity index (χ1v) is 9.09. The van der Waals surface area contributed by atoms with E-state index in [1.165, 1.54) is 19.3 Å². The molecular weight excluding hydrogens is 306 g/mol. The molecular formula is C19H25NO4. The van der Waals surface area contributed by atoms with Crippen molar-refractivity contribution in [1.82, 2.24) is 5.32 Å². The summed E-state index contributed by atoms with van der Waals surface area (Å²) < 4.78 is 10.3. The highest BCUT2D eigenvalue weighted by Gasteiger charge is 2.51. The molecule has 4 aliphatic rings. The molecule has 4 bridgehead atoms. The number of carbonyl (C=O) groups is 2. The van der Waals surface area contributed by atoms with Gasteiger partial charge in [-0.25, -0.2) is 0 Å². The van der Waals surface area contributed by atoms with Crippen LogP contribution in [0, 0.1) is 17.8 Å². The number of hydrogen-bond acceptors (Lipinski definition) is 4. The van der Waals surface area contributed by atoms with Crippen LogP contribution in [0.25, 0.3) is 0 Å². The molecule has 5 rings (SSSR count). The van der Waals surface area contributed by atoms with Crippen molar-refractivity contribution in [3.05, 3.63) is 24.2 Å². The summed E-state index contributed by atoms with van der Waals surface area (Å²) in [5, 5.41) is 3.21. The number of ether oxygens (including phenoxy) is 1. The molecule has 1 heterocycles. The van der Waals surface area contributed by atoms with Crippen LogP contribution < -0.4 is 5.32 Å². The number of esters is 1. The SMILES string of the molecule is O=C(COC(=O)CCc1ccco1)NC12CC3CC(CC(C3)C1)C2. The maximum absolute atomic E-state index is 12.3. The van der Waals surface area contributed by atoms with Crippen molar-refractivity contribution in [1.29, 1.82) is 0 Å². The minimum Gasteiger partial charge on any atom is -0.469 e. The third-order valence-corrected chi connectivity index (χ3v) is 5.96. The molecule has 4 saturated carbocycles. The number of nitrogens with one attached hydrogen (secondary N) is 1. The topological polar surface area (TPSA) is 68.5 Å². The second-order valence-electron chi connectivity index (χ2n) is 7.99. The second-order valence-corrected chi connectivity index (χ2v) is 7.99. The highest BCUT2D eigenvalue weighted by atomic mass is 16.5. The molecule has 0 spiro atoms. The van der Waals surface area contributed by atoms with Gasteiger partial charge >= 0.3 is 5.97 Å². The lowest BCUT2D eigenvalue weighted by molar-refractivity contribution is -0.150. The van der Waals surface area contributed by atoms with Crippen molar-refractivity contribution in [3.8, 4) is 0 Å². The molecule has 0 atom stereocenters. The van der Waals surface area contributed by atoms with Gasteiger partial charge < -0.3 is 14.5 Å². The fourth-order valence-corrected chi connectivity index (χ4v) is 5.49. The Morgan fingerprint density at radius 3 is 2.42 bits per heavy atom. The fourth-order valence-electron chi connectivity index (χ4n) is 5.49. The summed E-state index contributed by atoms with van der Waals surface area (Å²) in [5.74, 6) is 2.60. The van der Waals surface area contributed by atoms with Crippen molar-refractivity contribution < 1.29 is 18.7 Å². The first-order chi connectivity index (χ1) is 11.6. The maximum atomic E-state index is 12.3. The normalized spacial score (nSPS) is 33.4. The van der Waals surface area contributed by atoms with Crippen molar-refractivity contribution in [2.45, 2.75) is 56.9 Å². The smallest absolute Gasteiger partial charge is 0.306 e. The molecule has 0 saturated heterocycles. The van der Waals surface area contributed by atoms with Crippen LogP contribution in [0.5, 0.6) is 0 Å². The number of furan rings is 1. The van der Waals surface area contributed by atoms with E-state index in [9.17, 15) is 9.59 Å². The predicted octanol–water partition coefficient (Wildman–Crippen LogP) is 2.84. The van der Waals surface area contributed by atoms with Crippen LogP contribution in [0.1, 0.15) is 50.7 Å². The van der Waals surface area contributed by atoms with Gasteiger partial charge in [0.1, 0.15) is 5.76 Å². The molecule has 0 aromatic carbocycles. The van der Waals surface area contributed by atoms with E-state index >= 15 is 0 Å². The van der Waals surface area contributed by atoms with E-state index in [4.69, 9.17) is 9.15 Å². The Balaban J connectivity index is 1.23. The highest BCUT2D eigenvalue weighted by Crippen LogP contribution is 2.55. The number of aryl methyl sites for hydroxylation is 1. The second kappa shape index (κ2) is 6.26. The van der Waals surface area contributed by atoms with Crippen molar-refractivity contribution in [3.63, 3.8) is 0 Å². The molecule has 4 aliphatic carbocycles. The molecule has 0 aliphatic heterocycles. The molecule has 0 unspecified atom stereocenters. The summed E-state index contributed by atoms with van der Waals surface area (Å²) in [7, 11) is 0. The van der Waals surface area contributed by atoms with Gasteiger partial charge in [-0.2, -0.15) is 0 Å². The zero-order chi connectivity index (χ0) is 16.6. The lowest BCUT2D eigenvalue weighted by atomic mass is 9.53. The Kier molecular flexibility index (Phi) is 4.10. The Bertz CT molecular complexity index is 572. The quantitative estimate of drug-likeness (QED) is 0.814. The van der Waals surface area contributed by atoms with Crippen molar-refractivity contribution in [2.75, 3.05) is 6.61 Å². The average Bonchev–Trinajstić information content (AvgIpc) is 3.02. The van der Waals surface area contributed by atoms with Crippen LogP contribution in [0.4, 0.5) is 0 Å². The zero-order valence-electron chi connectivity index (χ0n) is 14.0. The van der Waals surface area contributed by atoms with Crippen molar-refractivity contribution >= 4 is 11.9 Å². The van der Waals surface area contributed by atoms with E-state index in [0.717, 1.165) is 42.8 Å². The minimum absolute atomic E-state index is 0.0214. The van der Waals surface area contributed by atoms with Gasteiger partial charge in [-0.1, -0.05) is 0 Å². The first-order valence-electron chi connectivity index (χ1n) is 9.09. The summed E-state index contributed by atoms with van der Waals surface area (Å²) in [6.45, 7) is -0.168. The number of amides is 1. The largest absolute Gasteiger partial charge is 0.469 e. The summed E-state index contributed by atoms with van der Waals surface area (Å²) >= 11 is 0. The molecule has 1 N–H and O–H groups in total. The summed E-state index contributed by atoms with van der Waals surface area (Å²) in [4.78, 5) is 24.0. The van der Waals surface area contributed by atoms with Gasteiger partial charge in [-0.3, -0.25) is 9.59 Å². The lowest BCUT2D eigenvalue weighted by Gasteiger charge is -2.56. The van der Waals surface area contributed by atoms with Crippen LogP contribution in [0.3, 0.4) is 0 Å². The van der Waals surface area contributed by atoms with E-state index < -0.39 is 0 Å². The van der Waals surface area contributed by atoms with Gasteiger partial charge in [-0.15, -0.1) is 0 Å². The molecule has 4 fully saturated rings. The average molecular weight is 331 g/mol. The number of hydrogen-bond donors (Lipinski definition) is 1. The monoisotopic (exact) mass is 331 g/mol. The Labute approximate surface area is 142 Å². The molecule has 5 nitrogen and oxygen atoms in total. The van der Waals surface area contributed by atoms with Crippen LogP contribution >= 0.6 is 0 Å². The van der Waals surface area contributed by atoms with Crippen LogP contribution in [0.2, 0.25) is 0 Å². The van der Waals surface area contributed by atoms with E-state index in [1.807, 2.05) is 6.07 Å². The maximum Gasteiger partial charge on any atom is 0.306 e. The molecule has 24 heavy (non-hydrogen) atoms. The van der Waals surface area contributed by atoms with E-state index in [1.54, 1.807) is 12.3 Å². The van der Waals surface area contributed by atoms with Gasteiger partial charge in [-0.05, 0) is 68.4 Å². The predicted molar refractivity (Wildman–Crippen MR) is 87.0 cm³/mol. The fraction of sp³-hybridized carbons (Fsp3) is 0.684. The van der Waals surface area contributed by atoms with Crippen molar-refractivity contribution in [2.24, 2.45) is 17.8 Å². The Morgan fingerprint density at radius 1 is 1.17 bits per heavy atom. The van der Waals surface area contributed by atoms with Crippen LogP contribution in [-0.4, -0.2) is 24.0 Å². The van der Waals surface area contributed by atoms with Crippen LogP contribution in [-0.2, 0) is 20.7 Å². The standard InChI is InChI=1S/C19H25NO4/c21-17(12-24-18(22)4-3-16-2-1-5-23-16)20-19-9-13-6-14(10-19)8-15(7-13)11-19/h1-2,5,13-15H,3-4,6-12H2,(H,20,21). The zero-order valence-corrected chi connectivity index (χ0v) is 14.0. The lowest BCUT2D eigenvalue weighted by Crippen LogP contribution is -2.60. The molecule has 1 aromatic heterocycles. The number of rotatable bonds is 6. The Morgan fingerprint density at radius 2 is 1.83 bits per heavy atom. The third kappa shape index (κ3) is 3.35. The third-order valence-electron chi connectivity index (χ3n) is 5.96. The molecule has 1 amide bonds. The van der Waals surface area contributed by atoms with Gasteiger partial charge in [0.25, 0.3) is 5.91 Å². The van der Waals surface area contributed by atoms with Gasteiger partial charge in [0.15, 0.2) is 6.61 Å². The Hall–Kier alpha value is -1.78. The minimum atomic E-state index is -0.355. The van der Waals surface area contributed by atoms with E-state index in [2.05, 4.69) is 5.32 Å². The summed E-state index contributed by atoms with van der Waals surface area (Å²) in [6, 6.07) is 3.62. The molecule has 1 aromatic rings. The van der Waals surface area contributed by atoms with Crippen LogP contribution in [0.15, 0.2) is 22.8 Å². The highest BCUT2D eigenvalue weighted by molar-refractivity contribution is 5.81. The molecule has 5 heteroatoms. The van der Waals surface area contributed by atoms with Gasteiger partial charge in [0.05, 0.1) is 12.7 Å². The molecule has 0 radical (unpaired) electrons. The summed E-state index contributed by atoms with van der Waals surface area (Å²) in [5.41, 5.74) is -0.0214. The number of carbonyl (C=O) groups excluding carboxylic acids is 2. The van der Waals surface area contributed by atoms with Gasteiger partial charge in [0, 0.05) is 12.0 Å². The van der Waals surface area contributed by atoms with Gasteiger partial charge in [0.2, 0.25) is 0 Å². The first kappa shape index (κ1) is 15.7.